The first-order valence-corrected chi connectivity index (χ1v) is 8.22. The van der Waals surface area contributed by atoms with Gasteiger partial charge in [-0.25, -0.2) is 0 Å². The molecule has 1 aromatic heterocycles. The third kappa shape index (κ3) is 3.26. The Labute approximate surface area is 113 Å². The zero-order chi connectivity index (χ0) is 13.0. The molecule has 0 amide bonds. The predicted molar refractivity (Wildman–Crippen MR) is 74.6 cm³/mol. The summed E-state index contributed by atoms with van der Waals surface area (Å²) < 4.78 is 5.31. The van der Waals surface area contributed by atoms with Gasteiger partial charge in [-0.05, 0) is 43.6 Å². The number of rotatable bonds is 6. The second-order valence-corrected chi connectivity index (χ2v) is 6.15. The molecule has 1 aliphatic carbocycles. The molecular weight excluding hydrogens is 246 g/mol. The minimum absolute atomic E-state index is 0.109. The fraction of sp³-hybridized carbons (Fsp3) is 0.846. The SMILES string of the molecule is CCC1CCC(c2noc(C(N)CCSC)n2)C1. The normalized spacial score (nSPS) is 25.5. The molecule has 2 N–H and O–H groups in total. The molecule has 0 spiro atoms. The van der Waals surface area contributed by atoms with E-state index in [1.54, 1.807) is 11.8 Å². The first-order chi connectivity index (χ1) is 8.74. The average molecular weight is 269 g/mol. The Morgan fingerprint density at radius 1 is 1.50 bits per heavy atom. The maximum Gasteiger partial charge on any atom is 0.243 e. The Morgan fingerprint density at radius 3 is 3.00 bits per heavy atom. The molecule has 0 radical (unpaired) electrons. The number of hydrogen-bond acceptors (Lipinski definition) is 5. The molecule has 0 aliphatic heterocycles. The van der Waals surface area contributed by atoms with Crippen molar-refractivity contribution in [3.8, 4) is 0 Å². The smallest absolute Gasteiger partial charge is 0.243 e. The molecule has 3 atom stereocenters. The van der Waals surface area contributed by atoms with Crippen LogP contribution in [0.5, 0.6) is 0 Å². The summed E-state index contributed by atoms with van der Waals surface area (Å²) in [6.45, 7) is 2.26. The van der Waals surface area contributed by atoms with E-state index in [2.05, 4.69) is 23.3 Å². The summed E-state index contributed by atoms with van der Waals surface area (Å²) in [5.74, 6) is 3.84. The van der Waals surface area contributed by atoms with Crippen molar-refractivity contribution < 1.29 is 4.52 Å². The molecule has 1 heterocycles. The molecule has 4 nitrogen and oxygen atoms in total. The maximum absolute atomic E-state index is 6.04. The quantitative estimate of drug-likeness (QED) is 0.859. The van der Waals surface area contributed by atoms with Crippen molar-refractivity contribution in [2.75, 3.05) is 12.0 Å². The fourth-order valence-corrected chi connectivity index (χ4v) is 3.10. The van der Waals surface area contributed by atoms with Crippen molar-refractivity contribution in [2.24, 2.45) is 11.7 Å². The lowest BCUT2D eigenvalue weighted by Gasteiger charge is -2.05. The number of aromatic nitrogens is 2. The minimum Gasteiger partial charge on any atom is -0.338 e. The topological polar surface area (TPSA) is 64.9 Å². The van der Waals surface area contributed by atoms with E-state index in [0.717, 1.165) is 23.9 Å². The molecule has 2 rings (SSSR count). The lowest BCUT2D eigenvalue weighted by molar-refractivity contribution is 0.346. The summed E-state index contributed by atoms with van der Waals surface area (Å²) in [6.07, 6.45) is 7.92. The van der Waals surface area contributed by atoms with Crippen molar-refractivity contribution in [3.63, 3.8) is 0 Å². The van der Waals surface area contributed by atoms with Gasteiger partial charge in [-0.15, -0.1) is 0 Å². The highest BCUT2D eigenvalue weighted by Gasteiger charge is 2.28. The van der Waals surface area contributed by atoms with Crippen molar-refractivity contribution in [3.05, 3.63) is 11.7 Å². The molecular formula is C13H23N3OS. The minimum atomic E-state index is -0.109. The first-order valence-electron chi connectivity index (χ1n) is 6.82. The fourth-order valence-electron chi connectivity index (χ4n) is 2.61. The molecule has 3 unspecified atom stereocenters. The van der Waals surface area contributed by atoms with Gasteiger partial charge in [0.25, 0.3) is 0 Å². The summed E-state index contributed by atoms with van der Waals surface area (Å²) in [6, 6.07) is -0.109. The Bertz CT molecular complexity index is 369. The Kier molecular flexibility index (Phi) is 5.06. The van der Waals surface area contributed by atoms with Crippen LogP contribution in [-0.2, 0) is 0 Å². The van der Waals surface area contributed by atoms with Gasteiger partial charge < -0.3 is 10.3 Å². The van der Waals surface area contributed by atoms with Gasteiger partial charge in [0.2, 0.25) is 5.89 Å². The molecule has 102 valence electrons. The van der Waals surface area contributed by atoms with Crippen molar-refractivity contribution >= 4 is 11.8 Å². The van der Waals surface area contributed by atoms with Gasteiger partial charge in [0.15, 0.2) is 5.82 Å². The van der Waals surface area contributed by atoms with E-state index >= 15 is 0 Å². The van der Waals surface area contributed by atoms with Crippen LogP contribution in [0, 0.1) is 5.92 Å². The maximum atomic E-state index is 6.04. The van der Waals surface area contributed by atoms with Crippen LogP contribution in [0.25, 0.3) is 0 Å². The number of nitrogens with two attached hydrogens (primary N) is 1. The molecule has 0 saturated heterocycles. The van der Waals surface area contributed by atoms with Gasteiger partial charge in [-0.1, -0.05) is 18.5 Å². The third-order valence-electron chi connectivity index (χ3n) is 3.89. The average Bonchev–Trinajstić information content (AvgIpc) is 3.03. The molecule has 0 bridgehead atoms. The Hall–Kier alpha value is -0.550. The van der Waals surface area contributed by atoms with Gasteiger partial charge in [0.05, 0.1) is 6.04 Å². The molecule has 1 aromatic rings. The molecule has 18 heavy (non-hydrogen) atoms. The van der Waals surface area contributed by atoms with Crippen LogP contribution in [0.2, 0.25) is 0 Å². The Morgan fingerprint density at radius 2 is 2.33 bits per heavy atom. The zero-order valence-electron chi connectivity index (χ0n) is 11.3. The standard InChI is InChI=1S/C13H23N3OS/c1-3-9-4-5-10(8-9)12-15-13(17-16-12)11(14)6-7-18-2/h9-11H,3-8,14H2,1-2H3. The highest BCUT2D eigenvalue weighted by molar-refractivity contribution is 7.98. The number of thioether (sulfide) groups is 1. The second-order valence-electron chi connectivity index (χ2n) is 5.16. The van der Waals surface area contributed by atoms with E-state index < -0.39 is 0 Å². The van der Waals surface area contributed by atoms with Crippen LogP contribution in [0.3, 0.4) is 0 Å². The van der Waals surface area contributed by atoms with Crippen LogP contribution in [-0.4, -0.2) is 22.1 Å². The van der Waals surface area contributed by atoms with E-state index in [1.807, 2.05) is 0 Å². The van der Waals surface area contributed by atoms with Crippen molar-refractivity contribution in [1.82, 2.24) is 10.1 Å². The number of nitrogens with zero attached hydrogens (tertiary/aromatic N) is 2. The molecule has 1 saturated carbocycles. The van der Waals surface area contributed by atoms with Crippen LogP contribution in [0.15, 0.2) is 4.52 Å². The highest BCUT2D eigenvalue weighted by Crippen LogP contribution is 2.38. The third-order valence-corrected chi connectivity index (χ3v) is 4.54. The Balaban J connectivity index is 1.93. The van der Waals surface area contributed by atoms with Crippen LogP contribution in [0.4, 0.5) is 0 Å². The second kappa shape index (κ2) is 6.57. The monoisotopic (exact) mass is 269 g/mol. The lowest BCUT2D eigenvalue weighted by Crippen LogP contribution is -2.11. The van der Waals surface area contributed by atoms with Gasteiger partial charge >= 0.3 is 0 Å². The number of hydrogen-bond donors (Lipinski definition) is 1. The molecule has 5 heteroatoms. The summed E-state index contributed by atoms with van der Waals surface area (Å²) in [7, 11) is 0. The molecule has 1 fully saturated rings. The van der Waals surface area contributed by atoms with Crippen LogP contribution in [0.1, 0.15) is 62.7 Å². The highest BCUT2D eigenvalue weighted by atomic mass is 32.2. The summed E-state index contributed by atoms with van der Waals surface area (Å²) in [4.78, 5) is 4.50. The van der Waals surface area contributed by atoms with E-state index in [0.29, 0.717) is 11.8 Å². The van der Waals surface area contributed by atoms with Gasteiger partial charge in [-0.2, -0.15) is 16.7 Å². The lowest BCUT2D eigenvalue weighted by atomic mass is 10.0. The van der Waals surface area contributed by atoms with E-state index in [-0.39, 0.29) is 6.04 Å². The van der Waals surface area contributed by atoms with E-state index in [4.69, 9.17) is 10.3 Å². The van der Waals surface area contributed by atoms with Crippen molar-refractivity contribution in [1.29, 1.82) is 0 Å². The molecule has 0 aromatic carbocycles. The predicted octanol–water partition coefficient (Wildman–Crippen LogP) is 3.12. The summed E-state index contributed by atoms with van der Waals surface area (Å²) in [5, 5.41) is 4.12. The van der Waals surface area contributed by atoms with Crippen LogP contribution >= 0.6 is 11.8 Å². The van der Waals surface area contributed by atoms with E-state index in [1.165, 1.54) is 25.7 Å². The zero-order valence-corrected chi connectivity index (χ0v) is 12.1. The van der Waals surface area contributed by atoms with Crippen molar-refractivity contribution in [2.45, 2.75) is 51.0 Å². The first kappa shape index (κ1) is 13.9. The molecule has 1 aliphatic rings. The van der Waals surface area contributed by atoms with Crippen LogP contribution < -0.4 is 5.73 Å². The van der Waals surface area contributed by atoms with Gasteiger partial charge in [0.1, 0.15) is 0 Å². The largest absolute Gasteiger partial charge is 0.338 e. The van der Waals surface area contributed by atoms with E-state index in [9.17, 15) is 0 Å². The van der Waals surface area contributed by atoms with Gasteiger partial charge in [-0.3, -0.25) is 0 Å². The van der Waals surface area contributed by atoms with Gasteiger partial charge in [0, 0.05) is 5.92 Å². The summed E-state index contributed by atoms with van der Waals surface area (Å²) in [5.41, 5.74) is 6.04. The summed E-state index contributed by atoms with van der Waals surface area (Å²) >= 11 is 1.79.